The number of rotatable bonds is 4. The number of nitrogens with zero attached hydrogens (tertiary/aromatic N) is 1. The van der Waals surface area contributed by atoms with Gasteiger partial charge in [-0.1, -0.05) is 6.07 Å². The highest BCUT2D eigenvalue weighted by atomic mass is 16.5. The predicted molar refractivity (Wildman–Crippen MR) is 69.3 cm³/mol. The Morgan fingerprint density at radius 2 is 1.88 bits per heavy atom. The Hall–Kier alpha value is -1.84. The number of ether oxygens (including phenoxy) is 1. The molecule has 0 bridgehead atoms. The molecule has 0 unspecified atom stereocenters. The van der Waals surface area contributed by atoms with Crippen LogP contribution in [0.3, 0.4) is 0 Å². The van der Waals surface area contributed by atoms with Crippen molar-refractivity contribution in [3.8, 4) is 0 Å². The third kappa shape index (κ3) is 4.26. The summed E-state index contributed by atoms with van der Waals surface area (Å²) < 4.78 is 4.83. The minimum Gasteiger partial charge on any atom is -0.461 e. The smallest absolute Gasteiger partial charge is 0.354 e. The van der Waals surface area contributed by atoms with Gasteiger partial charge < -0.3 is 4.74 Å². The van der Waals surface area contributed by atoms with Crippen LogP contribution in [-0.2, 0) is 9.53 Å². The molecule has 4 nitrogen and oxygen atoms in total. The first-order valence-electron chi connectivity index (χ1n) is 5.58. The van der Waals surface area contributed by atoms with E-state index in [1.54, 1.807) is 13.8 Å². The van der Waals surface area contributed by atoms with Crippen LogP contribution in [0.4, 0.5) is 5.69 Å². The number of nitrogens with one attached hydrogen (secondary N) is 1. The van der Waals surface area contributed by atoms with Gasteiger partial charge >= 0.3 is 5.97 Å². The van der Waals surface area contributed by atoms with Crippen LogP contribution >= 0.6 is 0 Å². The van der Waals surface area contributed by atoms with Crippen LogP contribution < -0.4 is 5.43 Å². The summed E-state index contributed by atoms with van der Waals surface area (Å²) in [5.74, 6) is -0.399. The average Bonchev–Trinajstić information content (AvgIpc) is 2.25. The minimum absolute atomic E-state index is 0.311. The molecule has 0 aromatic heterocycles. The number of benzene rings is 1. The van der Waals surface area contributed by atoms with E-state index < -0.39 is 5.97 Å². The van der Waals surface area contributed by atoms with Gasteiger partial charge in [-0.15, -0.1) is 0 Å². The predicted octanol–water partition coefficient (Wildman–Crippen LogP) is 2.65. The molecule has 0 spiro atoms. The van der Waals surface area contributed by atoms with Crippen molar-refractivity contribution in [2.75, 3.05) is 12.0 Å². The van der Waals surface area contributed by atoms with Crippen molar-refractivity contribution in [1.82, 2.24) is 0 Å². The van der Waals surface area contributed by atoms with Crippen LogP contribution in [-0.4, -0.2) is 18.3 Å². The number of hydrazone groups is 1. The molecule has 92 valence electrons. The largest absolute Gasteiger partial charge is 0.461 e. The Balaban J connectivity index is 2.71. The summed E-state index contributed by atoms with van der Waals surface area (Å²) in [5, 5.41) is 3.99. The van der Waals surface area contributed by atoms with E-state index in [0.717, 1.165) is 16.8 Å². The lowest BCUT2D eigenvalue weighted by molar-refractivity contribution is -0.135. The van der Waals surface area contributed by atoms with Crippen LogP contribution in [0.2, 0.25) is 0 Å². The van der Waals surface area contributed by atoms with Gasteiger partial charge in [-0.05, 0) is 51.0 Å². The highest BCUT2D eigenvalue weighted by molar-refractivity contribution is 6.35. The normalized spacial score (nSPS) is 11.2. The zero-order valence-corrected chi connectivity index (χ0v) is 10.7. The quantitative estimate of drug-likeness (QED) is 0.495. The van der Waals surface area contributed by atoms with E-state index in [1.807, 2.05) is 26.0 Å². The average molecular weight is 234 g/mol. The molecule has 17 heavy (non-hydrogen) atoms. The van der Waals surface area contributed by atoms with E-state index in [1.165, 1.54) is 0 Å². The summed E-state index contributed by atoms with van der Waals surface area (Å²) in [5.41, 5.74) is 6.33. The topological polar surface area (TPSA) is 50.7 Å². The molecular formula is C13H18N2O2. The summed E-state index contributed by atoms with van der Waals surface area (Å²) in [6, 6.07) is 6.01. The van der Waals surface area contributed by atoms with Crippen molar-refractivity contribution in [3.63, 3.8) is 0 Å². The molecule has 0 aliphatic rings. The van der Waals surface area contributed by atoms with Gasteiger partial charge in [-0.25, -0.2) is 4.79 Å². The zero-order valence-electron chi connectivity index (χ0n) is 10.7. The zero-order chi connectivity index (χ0) is 12.8. The van der Waals surface area contributed by atoms with Crippen LogP contribution in [0.15, 0.2) is 23.3 Å². The number of carbonyl (C=O) groups is 1. The number of anilines is 1. The van der Waals surface area contributed by atoms with E-state index in [4.69, 9.17) is 4.74 Å². The van der Waals surface area contributed by atoms with Gasteiger partial charge in [0.05, 0.1) is 12.3 Å². The molecule has 0 saturated heterocycles. The molecule has 0 heterocycles. The molecule has 0 amide bonds. The van der Waals surface area contributed by atoms with Crippen molar-refractivity contribution >= 4 is 17.4 Å². The molecule has 1 aromatic carbocycles. The summed E-state index contributed by atoms with van der Waals surface area (Å²) in [7, 11) is 0. The van der Waals surface area contributed by atoms with Gasteiger partial charge in [0.2, 0.25) is 0 Å². The minimum atomic E-state index is -0.399. The Bertz CT molecular complexity index is 419. The Labute approximate surface area is 102 Å². The summed E-state index contributed by atoms with van der Waals surface area (Å²) >= 11 is 0. The lowest BCUT2D eigenvalue weighted by Gasteiger charge is -2.05. The summed E-state index contributed by atoms with van der Waals surface area (Å²) in [4.78, 5) is 11.3. The van der Waals surface area contributed by atoms with Crippen molar-refractivity contribution in [3.05, 3.63) is 29.3 Å². The molecule has 1 aromatic rings. The SMILES string of the molecule is CCOC(=O)C(C)=NNc1cc(C)cc(C)c1. The Kier molecular flexibility index (Phi) is 4.69. The summed E-state index contributed by atoms with van der Waals surface area (Å²) in [6.07, 6.45) is 0. The highest BCUT2D eigenvalue weighted by Crippen LogP contribution is 2.13. The monoisotopic (exact) mass is 234 g/mol. The molecule has 1 rings (SSSR count). The van der Waals surface area contributed by atoms with Crippen molar-refractivity contribution in [2.24, 2.45) is 5.10 Å². The lowest BCUT2D eigenvalue weighted by Crippen LogP contribution is -2.15. The fourth-order valence-corrected chi connectivity index (χ4v) is 1.47. The van der Waals surface area contributed by atoms with E-state index in [9.17, 15) is 4.79 Å². The van der Waals surface area contributed by atoms with E-state index in [2.05, 4.69) is 16.6 Å². The first kappa shape index (κ1) is 13.2. The van der Waals surface area contributed by atoms with Crippen LogP contribution in [0.5, 0.6) is 0 Å². The Morgan fingerprint density at radius 3 is 2.41 bits per heavy atom. The molecule has 4 heteroatoms. The molecule has 1 N–H and O–H groups in total. The molecule has 0 aliphatic carbocycles. The highest BCUT2D eigenvalue weighted by Gasteiger charge is 2.05. The second-order valence-corrected chi connectivity index (χ2v) is 3.91. The third-order valence-electron chi connectivity index (χ3n) is 2.15. The van der Waals surface area contributed by atoms with Crippen LogP contribution in [0.1, 0.15) is 25.0 Å². The van der Waals surface area contributed by atoms with Gasteiger partial charge in [0.15, 0.2) is 0 Å². The van der Waals surface area contributed by atoms with Crippen LogP contribution in [0, 0.1) is 13.8 Å². The van der Waals surface area contributed by atoms with Gasteiger partial charge in [0, 0.05) is 0 Å². The first-order valence-corrected chi connectivity index (χ1v) is 5.58. The van der Waals surface area contributed by atoms with E-state index in [-0.39, 0.29) is 0 Å². The molecule has 0 saturated carbocycles. The van der Waals surface area contributed by atoms with Crippen molar-refractivity contribution in [1.29, 1.82) is 0 Å². The molecule has 0 fully saturated rings. The number of esters is 1. The maximum Gasteiger partial charge on any atom is 0.354 e. The number of aryl methyl sites for hydroxylation is 2. The van der Waals surface area contributed by atoms with Crippen molar-refractivity contribution < 1.29 is 9.53 Å². The number of hydrogen-bond acceptors (Lipinski definition) is 4. The first-order chi connectivity index (χ1) is 8.02. The van der Waals surface area contributed by atoms with Gasteiger partial charge in [-0.2, -0.15) is 5.10 Å². The molecule has 0 radical (unpaired) electrons. The second-order valence-electron chi connectivity index (χ2n) is 3.91. The maximum absolute atomic E-state index is 11.3. The van der Waals surface area contributed by atoms with E-state index >= 15 is 0 Å². The van der Waals surface area contributed by atoms with Gasteiger partial charge in [-0.3, -0.25) is 5.43 Å². The maximum atomic E-state index is 11.3. The number of hydrogen-bond donors (Lipinski definition) is 1. The van der Waals surface area contributed by atoms with Gasteiger partial charge in [0.1, 0.15) is 5.71 Å². The van der Waals surface area contributed by atoms with Gasteiger partial charge in [0.25, 0.3) is 0 Å². The van der Waals surface area contributed by atoms with Crippen LogP contribution in [0.25, 0.3) is 0 Å². The fraction of sp³-hybridized carbons (Fsp3) is 0.385. The standard InChI is InChI=1S/C13H18N2O2/c1-5-17-13(16)11(4)14-15-12-7-9(2)6-10(3)8-12/h6-8,15H,5H2,1-4H3. The molecule has 0 aliphatic heterocycles. The Morgan fingerprint density at radius 1 is 1.29 bits per heavy atom. The summed E-state index contributed by atoms with van der Waals surface area (Å²) in [6.45, 7) is 7.77. The number of carbonyl (C=O) groups excluding carboxylic acids is 1. The lowest BCUT2D eigenvalue weighted by atomic mass is 10.1. The molecule has 0 atom stereocenters. The molecular weight excluding hydrogens is 216 g/mol. The van der Waals surface area contributed by atoms with E-state index in [0.29, 0.717) is 12.3 Å². The third-order valence-corrected chi connectivity index (χ3v) is 2.15. The second kappa shape index (κ2) is 6.03. The van der Waals surface area contributed by atoms with Crippen molar-refractivity contribution in [2.45, 2.75) is 27.7 Å². The fourth-order valence-electron chi connectivity index (χ4n) is 1.47.